The van der Waals surface area contributed by atoms with Crippen LogP contribution in [-0.2, 0) is 19.1 Å². The van der Waals surface area contributed by atoms with Crippen molar-refractivity contribution in [3.63, 3.8) is 0 Å². The van der Waals surface area contributed by atoms with Crippen LogP contribution in [0.4, 0.5) is 11.4 Å². The zero-order chi connectivity index (χ0) is 17.2. The molecule has 1 aliphatic heterocycles. The molecule has 1 heterocycles. The lowest BCUT2D eigenvalue weighted by molar-refractivity contribution is -0.117. The van der Waals surface area contributed by atoms with E-state index in [1.807, 2.05) is 6.92 Å². The van der Waals surface area contributed by atoms with Crippen LogP contribution >= 0.6 is 0 Å². The lowest BCUT2D eigenvalue weighted by atomic mass is 10.2. The normalized spacial score (nSPS) is 16.8. The molecule has 6 nitrogen and oxygen atoms in total. The summed E-state index contributed by atoms with van der Waals surface area (Å²) in [6.07, 6.45) is 3.87. The first-order valence-electron chi connectivity index (χ1n) is 8.56. The van der Waals surface area contributed by atoms with Gasteiger partial charge in [-0.05, 0) is 37.5 Å². The monoisotopic (exact) mass is 334 g/mol. The number of amides is 2. The minimum absolute atomic E-state index is 0.0245. The first-order chi connectivity index (χ1) is 11.7. The van der Waals surface area contributed by atoms with Gasteiger partial charge in [0.25, 0.3) is 0 Å². The van der Waals surface area contributed by atoms with Crippen LogP contribution in [-0.4, -0.2) is 37.7 Å². The summed E-state index contributed by atoms with van der Waals surface area (Å²) in [5.74, 6) is -0.136. The Kier molecular flexibility index (Phi) is 7.71. The third kappa shape index (κ3) is 6.68. The Morgan fingerprint density at radius 3 is 2.54 bits per heavy atom. The number of anilines is 2. The predicted molar refractivity (Wildman–Crippen MR) is 93.0 cm³/mol. The van der Waals surface area contributed by atoms with Gasteiger partial charge >= 0.3 is 0 Å². The minimum atomic E-state index is -0.112. The maximum absolute atomic E-state index is 11.9. The molecule has 0 aliphatic carbocycles. The van der Waals surface area contributed by atoms with Crippen LogP contribution < -0.4 is 10.6 Å². The van der Waals surface area contributed by atoms with Crippen molar-refractivity contribution in [1.82, 2.24) is 0 Å². The third-order valence-electron chi connectivity index (χ3n) is 3.71. The van der Waals surface area contributed by atoms with Crippen molar-refractivity contribution in [1.29, 1.82) is 0 Å². The Balaban J connectivity index is 1.69. The number of hydrogen-bond acceptors (Lipinski definition) is 4. The summed E-state index contributed by atoms with van der Waals surface area (Å²) >= 11 is 0. The van der Waals surface area contributed by atoms with E-state index in [-0.39, 0.29) is 17.9 Å². The van der Waals surface area contributed by atoms with Crippen molar-refractivity contribution in [3.05, 3.63) is 24.3 Å². The standard InChI is InChI=1S/C18H26N2O4/c1-2-5-17(21)19-14-6-3-7-15(12-14)20-18(22)9-11-23-13-16-8-4-10-24-16/h3,6-7,12,16H,2,4-5,8-11,13H2,1H3,(H,19,21)(H,20,22). The zero-order valence-electron chi connectivity index (χ0n) is 14.2. The molecule has 2 rings (SSSR count). The van der Waals surface area contributed by atoms with Crippen molar-refractivity contribution in [2.75, 3.05) is 30.5 Å². The van der Waals surface area contributed by atoms with E-state index in [4.69, 9.17) is 9.47 Å². The van der Waals surface area contributed by atoms with Gasteiger partial charge in [-0.15, -0.1) is 0 Å². The third-order valence-corrected chi connectivity index (χ3v) is 3.71. The van der Waals surface area contributed by atoms with Gasteiger partial charge in [0.2, 0.25) is 11.8 Å². The fraction of sp³-hybridized carbons (Fsp3) is 0.556. The Hall–Kier alpha value is -1.92. The summed E-state index contributed by atoms with van der Waals surface area (Å²) in [6, 6.07) is 7.14. The van der Waals surface area contributed by atoms with Crippen LogP contribution in [0.15, 0.2) is 24.3 Å². The van der Waals surface area contributed by atoms with Gasteiger partial charge in [0.15, 0.2) is 0 Å². The molecule has 132 valence electrons. The zero-order valence-corrected chi connectivity index (χ0v) is 14.2. The Morgan fingerprint density at radius 1 is 1.21 bits per heavy atom. The van der Waals surface area contributed by atoms with E-state index in [0.29, 0.717) is 37.4 Å². The van der Waals surface area contributed by atoms with Crippen LogP contribution in [0.1, 0.15) is 39.0 Å². The molecule has 1 fully saturated rings. The molecule has 0 radical (unpaired) electrons. The summed E-state index contributed by atoms with van der Waals surface area (Å²) in [7, 11) is 0. The predicted octanol–water partition coefficient (Wildman–Crippen LogP) is 2.95. The van der Waals surface area contributed by atoms with Crippen molar-refractivity contribution >= 4 is 23.2 Å². The first-order valence-corrected chi connectivity index (χ1v) is 8.56. The molecular formula is C18H26N2O4. The van der Waals surface area contributed by atoms with Crippen LogP contribution in [0, 0.1) is 0 Å². The molecule has 1 aromatic rings. The molecule has 1 saturated heterocycles. The van der Waals surface area contributed by atoms with Gasteiger partial charge in [0.05, 0.1) is 25.7 Å². The number of hydrogen-bond donors (Lipinski definition) is 2. The SMILES string of the molecule is CCCC(=O)Nc1cccc(NC(=O)CCOCC2CCCO2)c1. The summed E-state index contributed by atoms with van der Waals surface area (Å²) < 4.78 is 10.9. The quantitative estimate of drug-likeness (QED) is 0.681. The average molecular weight is 334 g/mol. The second-order valence-electron chi connectivity index (χ2n) is 5.89. The molecule has 0 saturated carbocycles. The van der Waals surface area contributed by atoms with Gasteiger partial charge < -0.3 is 20.1 Å². The molecule has 1 aliphatic rings. The van der Waals surface area contributed by atoms with Gasteiger partial charge in [-0.25, -0.2) is 0 Å². The van der Waals surface area contributed by atoms with Crippen LogP contribution in [0.5, 0.6) is 0 Å². The minimum Gasteiger partial charge on any atom is -0.378 e. The molecule has 2 N–H and O–H groups in total. The summed E-state index contributed by atoms with van der Waals surface area (Å²) in [6.45, 7) is 3.68. The van der Waals surface area contributed by atoms with Gasteiger partial charge in [0, 0.05) is 24.4 Å². The summed E-state index contributed by atoms with van der Waals surface area (Å²) in [5.41, 5.74) is 1.34. The highest BCUT2D eigenvalue weighted by Gasteiger charge is 2.15. The second kappa shape index (κ2) is 10.1. The van der Waals surface area contributed by atoms with Crippen molar-refractivity contribution in [2.45, 2.75) is 45.1 Å². The van der Waals surface area contributed by atoms with Gasteiger partial charge in [-0.1, -0.05) is 13.0 Å². The first kappa shape index (κ1) is 18.4. The largest absolute Gasteiger partial charge is 0.378 e. The van der Waals surface area contributed by atoms with Crippen molar-refractivity contribution < 1.29 is 19.1 Å². The van der Waals surface area contributed by atoms with Gasteiger partial charge in [0.1, 0.15) is 0 Å². The maximum Gasteiger partial charge on any atom is 0.226 e. The van der Waals surface area contributed by atoms with E-state index in [1.165, 1.54) is 0 Å². The molecule has 1 atom stereocenters. The van der Waals surface area contributed by atoms with E-state index in [1.54, 1.807) is 24.3 Å². The van der Waals surface area contributed by atoms with E-state index >= 15 is 0 Å². The van der Waals surface area contributed by atoms with Gasteiger partial charge in [-0.3, -0.25) is 9.59 Å². The fourth-order valence-electron chi connectivity index (χ4n) is 2.50. The molecule has 1 unspecified atom stereocenters. The summed E-state index contributed by atoms with van der Waals surface area (Å²) in [5, 5.41) is 5.63. The van der Waals surface area contributed by atoms with E-state index in [2.05, 4.69) is 10.6 Å². The molecule has 24 heavy (non-hydrogen) atoms. The van der Waals surface area contributed by atoms with E-state index in [9.17, 15) is 9.59 Å². The highest BCUT2D eigenvalue weighted by Crippen LogP contribution is 2.16. The van der Waals surface area contributed by atoms with Gasteiger partial charge in [-0.2, -0.15) is 0 Å². The summed E-state index contributed by atoms with van der Waals surface area (Å²) in [4.78, 5) is 23.5. The Bertz CT molecular complexity index is 542. The number of carbonyl (C=O) groups is 2. The van der Waals surface area contributed by atoms with Crippen molar-refractivity contribution in [3.8, 4) is 0 Å². The highest BCUT2D eigenvalue weighted by molar-refractivity contribution is 5.94. The van der Waals surface area contributed by atoms with Crippen molar-refractivity contribution in [2.24, 2.45) is 0 Å². The molecule has 6 heteroatoms. The molecule has 0 bridgehead atoms. The average Bonchev–Trinajstić information content (AvgIpc) is 3.05. The number of ether oxygens (including phenoxy) is 2. The number of rotatable bonds is 9. The molecule has 1 aromatic carbocycles. The van der Waals surface area contributed by atoms with Crippen LogP contribution in [0.2, 0.25) is 0 Å². The number of nitrogens with one attached hydrogen (secondary N) is 2. The number of carbonyl (C=O) groups excluding carboxylic acids is 2. The molecule has 0 spiro atoms. The lowest BCUT2D eigenvalue weighted by Crippen LogP contribution is -2.18. The second-order valence-corrected chi connectivity index (χ2v) is 5.89. The van der Waals surface area contributed by atoms with Crippen LogP contribution in [0.3, 0.4) is 0 Å². The molecule has 0 aromatic heterocycles. The number of benzene rings is 1. The Labute approximate surface area is 142 Å². The molecular weight excluding hydrogens is 308 g/mol. The molecule has 2 amide bonds. The Morgan fingerprint density at radius 2 is 1.92 bits per heavy atom. The maximum atomic E-state index is 11.9. The topological polar surface area (TPSA) is 76.7 Å². The fourth-order valence-corrected chi connectivity index (χ4v) is 2.50. The lowest BCUT2D eigenvalue weighted by Gasteiger charge is -2.11. The van der Waals surface area contributed by atoms with Crippen LogP contribution in [0.25, 0.3) is 0 Å². The van der Waals surface area contributed by atoms with E-state index < -0.39 is 0 Å². The van der Waals surface area contributed by atoms with E-state index in [0.717, 1.165) is 25.9 Å². The highest BCUT2D eigenvalue weighted by atomic mass is 16.5. The smallest absolute Gasteiger partial charge is 0.226 e.